The molecule has 0 saturated heterocycles. The average molecular weight is 420 g/mol. The second-order valence-corrected chi connectivity index (χ2v) is 6.78. The number of aryl methyl sites for hydroxylation is 1. The third-order valence-electron chi connectivity index (χ3n) is 4.67. The van der Waals surface area contributed by atoms with Gasteiger partial charge >= 0.3 is 11.8 Å². The largest absolute Gasteiger partial charge is 0.423 e. The first-order valence-electron chi connectivity index (χ1n) is 9.80. The number of hydrogen-bond donors (Lipinski definition) is 1. The van der Waals surface area contributed by atoms with Gasteiger partial charge in [0.05, 0.1) is 5.56 Å². The molecule has 0 atom stereocenters. The van der Waals surface area contributed by atoms with E-state index >= 15 is 0 Å². The Kier molecular flexibility index (Phi) is 6.28. The van der Waals surface area contributed by atoms with Crippen LogP contribution in [0.25, 0.3) is 11.0 Å². The van der Waals surface area contributed by atoms with Gasteiger partial charge in [0.15, 0.2) is 0 Å². The van der Waals surface area contributed by atoms with Crippen LogP contribution in [-0.2, 0) is 12.6 Å². The maximum atomic E-state index is 13.2. The normalized spacial score (nSPS) is 11.7. The van der Waals surface area contributed by atoms with Crippen molar-refractivity contribution in [2.45, 2.75) is 39.8 Å². The topological polar surface area (TPSA) is 71.3 Å². The molecule has 160 valence electrons. The predicted octanol–water partition coefficient (Wildman–Crippen LogP) is 5.14. The van der Waals surface area contributed by atoms with Gasteiger partial charge in [-0.3, -0.25) is 0 Å². The number of anilines is 3. The molecule has 2 heterocycles. The average Bonchev–Trinajstić information content (AvgIpc) is 2.67. The van der Waals surface area contributed by atoms with Gasteiger partial charge in [0.1, 0.15) is 11.4 Å². The molecule has 1 N–H and O–H groups in total. The molecule has 0 amide bonds. The summed E-state index contributed by atoms with van der Waals surface area (Å²) >= 11 is 0. The standard InChI is InChI=1S/C21H23F3N4O2/c1-4-7-13-11-18(28(5-2)6-3)27-20(25-13)26-14-8-9-15-16(21(22,23)24)12-19(29)30-17(15)10-14/h8-12H,4-7H2,1-3H3,(H,25,26,27). The van der Waals surface area contributed by atoms with E-state index in [2.05, 4.69) is 27.1 Å². The van der Waals surface area contributed by atoms with Crippen LogP contribution in [0.2, 0.25) is 0 Å². The van der Waals surface area contributed by atoms with Crippen LogP contribution in [0, 0.1) is 0 Å². The second kappa shape index (κ2) is 8.73. The summed E-state index contributed by atoms with van der Waals surface area (Å²) < 4.78 is 44.7. The third kappa shape index (κ3) is 4.72. The Balaban J connectivity index is 2.02. The van der Waals surface area contributed by atoms with Crippen LogP contribution >= 0.6 is 0 Å². The number of nitrogens with zero attached hydrogens (tertiary/aromatic N) is 3. The first-order chi connectivity index (χ1) is 14.2. The molecule has 30 heavy (non-hydrogen) atoms. The molecule has 0 aliphatic carbocycles. The fraction of sp³-hybridized carbons (Fsp3) is 0.381. The molecule has 3 aromatic rings. The van der Waals surface area contributed by atoms with Gasteiger partial charge in [-0.2, -0.15) is 18.2 Å². The molecular formula is C21H23F3N4O2. The summed E-state index contributed by atoms with van der Waals surface area (Å²) in [6.45, 7) is 7.67. The number of alkyl halides is 3. The Morgan fingerprint density at radius 1 is 1.07 bits per heavy atom. The molecule has 0 aliphatic heterocycles. The Bertz CT molecular complexity index is 1090. The zero-order valence-electron chi connectivity index (χ0n) is 17.0. The smallest absolute Gasteiger partial charge is 0.417 e. The molecule has 0 bridgehead atoms. The van der Waals surface area contributed by atoms with Crippen LogP contribution in [0.3, 0.4) is 0 Å². The van der Waals surface area contributed by atoms with Crippen LogP contribution in [0.1, 0.15) is 38.4 Å². The highest BCUT2D eigenvalue weighted by Crippen LogP contribution is 2.34. The van der Waals surface area contributed by atoms with E-state index in [0.29, 0.717) is 17.7 Å². The fourth-order valence-electron chi connectivity index (χ4n) is 3.24. The Morgan fingerprint density at radius 3 is 2.43 bits per heavy atom. The molecule has 2 aromatic heterocycles. The lowest BCUT2D eigenvalue weighted by molar-refractivity contribution is -0.136. The zero-order valence-corrected chi connectivity index (χ0v) is 17.0. The van der Waals surface area contributed by atoms with Crippen molar-refractivity contribution < 1.29 is 17.6 Å². The molecule has 3 rings (SSSR count). The van der Waals surface area contributed by atoms with Crippen molar-refractivity contribution in [2.24, 2.45) is 0 Å². The molecule has 6 nitrogen and oxygen atoms in total. The van der Waals surface area contributed by atoms with Gasteiger partial charge in [-0.25, -0.2) is 9.78 Å². The highest BCUT2D eigenvalue weighted by atomic mass is 19.4. The molecule has 0 radical (unpaired) electrons. The highest BCUT2D eigenvalue weighted by molar-refractivity contribution is 5.84. The quantitative estimate of drug-likeness (QED) is 0.534. The van der Waals surface area contributed by atoms with E-state index in [1.54, 1.807) is 0 Å². The molecule has 0 spiro atoms. The second-order valence-electron chi connectivity index (χ2n) is 6.78. The van der Waals surface area contributed by atoms with Crippen molar-refractivity contribution in [3.05, 3.63) is 52.0 Å². The predicted molar refractivity (Wildman–Crippen MR) is 110 cm³/mol. The molecule has 1 aromatic carbocycles. The van der Waals surface area contributed by atoms with Crippen molar-refractivity contribution in [1.29, 1.82) is 0 Å². The van der Waals surface area contributed by atoms with Gasteiger partial charge in [-0.1, -0.05) is 13.3 Å². The highest BCUT2D eigenvalue weighted by Gasteiger charge is 2.33. The first kappa shape index (κ1) is 21.6. The minimum Gasteiger partial charge on any atom is -0.423 e. The maximum absolute atomic E-state index is 13.2. The lowest BCUT2D eigenvalue weighted by atomic mass is 10.1. The van der Waals surface area contributed by atoms with Gasteiger partial charge in [0.2, 0.25) is 5.95 Å². The number of fused-ring (bicyclic) bond motifs is 1. The van der Waals surface area contributed by atoms with Crippen LogP contribution < -0.4 is 15.8 Å². The third-order valence-corrected chi connectivity index (χ3v) is 4.67. The van der Waals surface area contributed by atoms with E-state index in [0.717, 1.165) is 37.4 Å². The van der Waals surface area contributed by atoms with E-state index in [4.69, 9.17) is 4.42 Å². The van der Waals surface area contributed by atoms with Gasteiger partial charge < -0.3 is 14.6 Å². The maximum Gasteiger partial charge on any atom is 0.417 e. The van der Waals surface area contributed by atoms with E-state index in [9.17, 15) is 18.0 Å². The number of nitrogens with one attached hydrogen (secondary N) is 1. The summed E-state index contributed by atoms with van der Waals surface area (Å²) in [5, 5.41) is 2.84. The monoisotopic (exact) mass is 420 g/mol. The molecule has 0 saturated carbocycles. The SMILES string of the molecule is CCCc1cc(N(CC)CC)nc(Nc2ccc3c(C(F)(F)F)cc(=O)oc3c2)n1. The number of halogens is 3. The minimum atomic E-state index is -4.65. The Morgan fingerprint density at radius 2 is 1.80 bits per heavy atom. The van der Waals surface area contributed by atoms with Gasteiger partial charge in [0, 0.05) is 48.1 Å². The van der Waals surface area contributed by atoms with E-state index in [1.807, 2.05) is 19.9 Å². The summed E-state index contributed by atoms with van der Waals surface area (Å²) in [4.78, 5) is 22.7. The minimum absolute atomic E-state index is 0.159. The van der Waals surface area contributed by atoms with E-state index < -0.39 is 17.4 Å². The van der Waals surface area contributed by atoms with Crippen molar-refractivity contribution in [2.75, 3.05) is 23.3 Å². The molecule has 0 aliphatic rings. The Labute approximate surface area is 171 Å². The van der Waals surface area contributed by atoms with Crippen molar-refractivity contribution in [1.82, 2.24) is 9.97 Å². The lowest BCUT2D eigenvalue weighted by Crippen LogP contribution is -2.23. The van der Waals surface area contributed by atoms with Gasteiger partial charge in [-0.05, 0) is 32.4 Å². The fourth-order valence-corrected chi connectivity index (χ4v) is 3.24. The molecule has 0 unspecified atom stereocenters. The van der Waals surface area contributed by atoms with Crippen molar-refractivity contribution in [3.63, 3.8) is 0 Å². The van der Waals surface area contributed by atoms with Crippen molar-refractivity contribution >= 4 is 28.4 Å². The summed E-state index contributed by atoms with van der Waals surface area (Å²) in [6, 6.07) is 6.49. The van der Waals surface area contributed by atoms with Crippen LogP contribution in [0.15, 0.2) is 39.5 Å². The van der Waals surface area contributed by atoms with Crippen LogP contribution in [0.5, 0.6) is 0 Å². The molecule has 9 heteroatoms. The molecular weight excluding hydrogens is 397 g/mol. The first-order valence-corrected chi connectivity index (χ1v) is 9.80. The summed E-state index contributed by atoms with van der Waals surface area (Å²) in [7, 11) is 0. The van der Waals surface area contributed by atoms with Crippen LogP contribution in [0.4, 0.5) is 30.6 Å². The summed E-state index contributed by atoms with van der Waals surface area (Å²) in [6.07, 6.45) is -2.97. The number of hydrogen-bond acceptors (Lipinski definition) is 6. The van der Waals surface area contributed by atoms with E-state index in [-0.39, 0.29) is 11.0 Å². The van der Waals surface area contributed by atoms with Crippen molar-refractivity contribution in [3.8, 4) is 0 Å². The number of rotatable bonds is 7. The van der Waals surface area contributed by atoms with Gasteiger partial charge in [-0.15, -0.1) is 0 Å². The summed E-state index contributed by atoms with van der Waals surface area (Å²) in [5.74, 6) is 1.10. The molecule has 0 fully saturated rings. The lowest BCUT2D eigenvalue weighted by Gasteiger charge is -2.21. The van der Waals surface area contributed by atoms with Crippen LogP contribution in [-0.4, -0.2) is 23.1 Å². The summed E-state index contributed by atoms with van der Waals surface area (Å²) in [5.41, 5.74) is -0.955. The zero-order chi connectivity index (χ0) is 21.9. The van der Waals surface area contributed by atoms with E-state index in [1.165, 1.54) is 18.2 Å². The number of aromatic nitrogens is 2. The number of benzene rings is 1. The van der Waals surface area contributed by atoms with Gasteiger partial charge in [0.25, 0.3) is 0 Å². The Hall–Kier alpha value is -3.10.